The Balaban J connectivity index is 1.30. The van der Waals surface area contributed by atoms with Crippen molar-refractivity contribution in [1.29, 1.82) is 0 Å². The first kappa shape index (κ1) is 25.0. The minimum Gasteiger partial charge on any atom is -0.456 e. The molecule has 0 unspecified atom stereocenters. The van der Waals surface area contributed by atoms with Crippen molar-refractivity contribution in [2.75, 3.05) is 5.32 Å². The molecule has 4 aromatic rings. The van der Waals surface area contributed by atoms with Crippen LogP contribution in [0.4, 0.5) is 10.5 Å². The van der Waals surface area contributed by atoms with Crippen LogP contribution in [0.1, 0.15) is 41.9 Å². The Morgan fingerprint density at radius 2 is 1.65 bits per heavy atom. The molecule has 0 spiro atoms. The first-order chi connectivity index (χ1) is 17.9. The van der Waals surface area contributed by atoms with E-state index in [9.17, 15) is 9.59 Å². The Hall–Kier alpha value is -3.68. The number of hydrogen-bond donors (Lipinski definition) is 1. The molecule has 3 aromatic carbocycles. The van der Waals surface area contributed by atoms with E-state index in [1.165, 1.54) is 11.5 Å². The lowest BCUT2D eigenvalue weighted by Crippen LogP contribution is -2.16. The van der Waals surface area contributed by atoms with Crippen molar-refractivity contribution in [3.05, 3.63) is 93.8 Å². The zero-order valence-electron chi connectivity index (χ0n) is 20.4. The number of halogens is 1. The van der Waals surface area contributed by atoms with Gasteiger partial charge >= 0.3 is 6.09 Å². The number of hydrogen-bond acceptors (Lipinski definition) is 6. The molecule has 0 radical (unpaired) electrons. The number of aromatic nitrogens is 1. The second-order valence-corrected chi connectivity index (χ2v) is 10.4. The zero-order chi connectivity index (χ0) is 26.0. The highest BCUT2D eigenvalue weighted by molar-refractivity contribution is 7.06. The van der Waals surface area contributed by atoms with E-state index in [0.29, 0.717) is 22.9 Å². The fourth-order valence-corrected chi connectivity index (χ4v) is 5.30. The molecule has 6 nitrogen and oxygen atoms in total. The van der Waals surface area contributed by atoms with Gasteiger partial charge in [-0.2, -0.15) is 4.37 Å². The highest BCUT2D eigenvalue weighted by Crippen LogP contribution is 2.49. The average Bonchev–Trinajstić information content (AvgIpc) is 3.61. The van der Waals surface area contributed by atoms with E-state index >= 15 is 0 Å². The Bertz CT molecular complexity index is 1430. The first-order valence-corrected chi connectivity index (χ1v) is 13.1. The van der Waals surface area contributed by atoms with Crippen molar-refractivity contribution in [3.63, 3.8) is 0 Å². The molecule has 1 fully saturated rings. The quantitative estimate of drug-likeness (QED) is 0.233. The second kappa shape index (κ2) is 10.4. The minimum atomic E-state index is -0.569. The molecule has 8 heteroatoms. The predicted octanol–water partition coefficient (Wildman–Crippen LogP) is 7.91. The number of carbonyl (C=O) groups excluding carboxylic acids is 2. The number of ether oxygens (including phenoxy) is 2. The Labute approximate surface area is 224 Å². The minimum absolute atomic E-state index is 0.442. The zero-order valence-corrected chi connectivity index (χ0v) is 21.9. The van der Waals surface area contributed by atoms with Gasteiger partial charge in [0.15, 0.2) is 0 Å². The number of carbonyl (C=O) groups is 2. The number of nitrogens with one attached hydrogen (secondary N) is 1. The lowest BCUT2D eigenvalue weighted by atomic mass is 9.99. The number of rotatable bonds is 8. The van der Waals surface area contributed by atoms with E-state index < -0.39 is 17.8 Å². The maximum absolute atomic E-state index is 12.7. The summed E-state index contributed by atoms with van der Waals surface area (Å²) in [4.78, 5) is 24.4. The molecule has 5 rings (SSSR count). The normalized spacial score (nSPS) is 14.5. The molecule has 1 atom stereocenters. The lowest BCUT2D eigenvalue weighted by molar-refractivity contribution is -0.136. The third-order valence-electron chi connectivity index (χ3n) is 6.60. The van der Waals surface area contributed by atoms with Crippen molar-refractivity contribution in [2.45, 2.75) is 38.4 Å². The third-order valence-corrected chi connectivity index (χ3v) is 7.69. The molecule has 0 saturated heterocycles. The van der Waals surface area contributed by atoms with Crippen LogP contribution in [0.2, 0.25) is 5.02 Å². The molecule has 0 aliphatic heterocycles. The van der Waals surface area contributed by atoms with Crippen LogP contribution in [0, 0.1) is 6.92 Å². The molecule has 1 saturated carbocycles. The molecule has 1 N–H and O–H groups in total. The molecule has 1 aliphatic carbocycles. The van der Waals surface area contributed by atoms with E-state index in [1.54, 1.807) is 13.0 Å². The van der Waals surface area contributed by atoms with Gasteiger partial charge in [-0.3, -0.25) is 10.1 Å². The fourth-order valence-electron chi connectivity index (χ4n) is 4.34. The summed E-state index contributed by atoms with van der Waals surface area (Å²) in [5.74, 6) is 0. The van der Waals surface area contributed by atoms with Crippen molar-refractivity contribution in [2.24, 2.45) is 0 Å². The van der Waals surface area contributed by atoms with Crippen LogP contribution in [-0.2, 0) is 19.9 Å². The highest BCUT2D eigenvalue weighted by atomic mass is 35.5. The molecule has 1 heterocycles. The molecular formula is C29H25ClN2O4S. The maximum atomic E-state index is 12.7. The Morgan fingerprint density at radius 3 is 2.27 bits per heavy atom. The molecule has 1 amide bonds. The van der Waals surface area contributed by atoms with Gasteiger partial charge in [-0.1, -0.05) is 78.3 Å². The second-order valence-electron chi connectivity index (χ2n) is 9.02. The van der Waals surface area contributed by atoms with Gasteiger partial charge in [0.25, 0.3) is 6.47 Å². The van der Waals surface area contributed by atoms with Crippen molar-refractivity contribution >= 4 is 41.4 Å². The van der Waals surface area contributed by atoms with E-state index in [2.05, 4.69) is 9.69 Å². The summed E-state index contributed by atoms with van der Waals surface area (Å²) in [5, 5.41) is 3.42. The molecule has 37 heavy (non-hydrogen) atoms. The van der Waals surface area contributed by atoms with Gasteiger partial charge in [-0.25, -0.2) is 4.79 Å². The average molecular weight is 533 g/mol. The summed E-state index contributed by atoms with van der Waals surface area (Å²) in [7, 11) is 0. The fraction of sp³-hybridized carbons (Fsp3) is 0.207. The molecule has 0 bridgehead atoms. The van der Waals surface area contributed by atoms with Gasteiger partial charge < -0.3 is 9.47 Å². The van der Waals surface area contributed by atoms with Gasteiger partial charge in [0.1, 0.15) is 17.4 Å². The number of amides is 1. The van der Waals surface area contributed by atoms with E-state index in [-0.39, 0.29) is 0 Å². The smallest absolute Gasteiger partial charge is 0.412 e. The van der Waals surface area contributed by atoms with E-state index in [1.807, 2.05) is 73.7 Å². The van der Waals surface area contributed by atoms with Crippen molar-refractivity contribution in [3.8, 4) is 22.4 Å². The topological polar surface area (TPSA) is 77.5 Å². The van der Waals surface area contributed by atoms with E-state index in [0.717, 1.165) is 45.5 Å². The predicted molar refractivity (Wildman–Crippen MR) is 146 cm³/mol. The highest BCUT2D eigenvalue weighted by Gasteiger charge is 2.46. The summed E-state index contributed by atoms with van der Waals surface area (Å²) in [6.45, 7) is 4.22. The van der Waals surface area contributed by atoms with Crippen LogP contribution >= 0.6 is 23.1 Å². The molecule has 1 aliphatic rings. The molecular weight excluding hydrogens is 508 g/mol. The Morgan fingerprint density at radius 1 is 1.03 bits per heavy atom. The number of anilines is 1. The summed E-state index contributed by atoms with van der Waals surface area (Å²) in [6.07, 6.45) is 0.640. The molecule has 1 aromatic heterocycles. The lowest BCUT2D eigenvalue weighted by Gasteiger charge is -2.16. The number of aryl methyl sites for hydroxylation is 1. The summed E-state index contributed by atoms with van der Waals surface area (Å²) in [5.41, 5.74) is 5.62. The summed E-state index contributed by atoms with van der Waals surface area (Å²) in [6, 6.07) is 23.4. The number of nitrogens with zero attached hydrogens (tertiary/aromatic N) is 1. The van der Waals surface area contributed by atoms with Crippen molar-refractivity contribution < 1.29 is 19.1 Å². The van der Waals surface area contributed by atoms with Crippen LogP contribution in [0.25, 0.3) is 22.4 Å². The van der Waals surface area contributed by atoms with E-state index in [4.69, 9.17) is 21.1 Å². The van der Waals surface area contributed by atoms with Gasteiger partial charge in [0.05, 0.1) is 5.69 Å². The maximum Gasteiger partial charge on any atom is 0.412 e. The van der Waals surface area contributed by atoms with Crippen LogP contribution in [0.5, 0.6) is 0 Å². The standard InChI is InChI=1S/C29H25ClN2O4S/c1-18(24-5-3-4-6-25(24)30)36-28(34)31-26-19(2)37-32-27(26)22-9-7-20(8-10-22)21-11-13-23(14-12-21)29(15-16-29)35-17-33/h3-14,17-18H,15-16H2,1-2H3,(H,31,34)/t18-/m1/s1. The van der Waals surface area contributed by atoms with Crippen molar-refractivity contribution in [1.82, 2.24) is 4.37 Å². The van der Waals surface area contributed by atoms with Crippen LogP contribution < -0.4 is 5.32 Å². The van der Waals surface area contributed by atoms with Gasteiger partial charge in [-0.15, -0.1) is 0 Å². The van der Waals surface area contributed by atoms with Crippen LogP contribution in [0.3, 0.4) is 0 Å². The largest absolute Gasteiger partial charge is 0.456 e. The third kappa shape index (κ3) is 5.24. The van der Waals surface area contributed by atoms with Crippen LogP contribution in [0.15, 0.2) is 72.8 Å². The summed E-state index contributed by atoms with van der Waals surface area (Å²) >= 11 is 7.56. The first-order valence-electron chi connectivity index (χ1n) is 11.9. The Kier molecular flexibility index (Phi) is 7.00. The molecule has 188 valence electrons. The SMILES string of the molecule is Cc1snc(-c2ccc(-c3ccc(C4(OC=O)CC4)cc3)cc2)c1NC(=O)O[C@H](C)c1ccccc1Cl. The monoisotopic (exact) mass is 532 g/mol. The van der Waals surface area contributed by atoms with Gasteiger partial charge in [0, 0.05) is 21.0 Å². The number of benzene rings is 3. The van der Waals surface area contributed by atoms with Gasteiger partial charge in [-0.05, 0) is 61.0 Å². The summed E-state index contributed by atoms with van der Waals surface area (Å²) < 4.78 is 15.4. The van der Waals surface area contributed by atoms with Gasteiger partial charge in [0.2, 0.25) is 0 Å². The van der Waals surface area contributed by atoms with Crippen LogP contribution in [-0.4, -0.2) is 16.9 Å².